The third-order valence-electron chi connectivity index (χ3n) is 1.10. The van der Waals surface area contributed by atoms with Crippen LogP contribution in [-0.4, -0.2) is 50.3 Å². The van der Waals surface area contributed by atoms with Crippen LogP contribution in [0.2, 0.25) is 0 Å². The summed E-state index contributed by atoms with van der Waals surface area (Å²) in [7, 11) is 6.37. The standard InChI is InChI=1S/C8H16N2O4/c1-9(2)13-7(11)5-6-8(12)14-10(3)4/h5-6H2,1-4H3. The van der Waals surface area contributed by atoms with Gasteiger partial charge in [0.1, 0.15) is 0 Å². The number of carbonyl (C=O) groups is 2. The maximum absolute atomic E-state index is 11.0. The zero-order valence-corrected chi connectivity index (χ0v) is 8.94. The molecule has 0 atom stereocenters. The fourth-order valence-electron chi connectivity index (χ4n) is 0.703. The summed E-state index contributed by atoms with van der Waals surface area (Å²) in [6.45, 7) is 0. The first kappa shape index (κ1) is 12.9. The Balaban J connectivity index is 3.61. The SMILES string of the molecule is CN(C)OC(=O)CCC(=O)ON(C)C. The highest BCUT2D eigenvalue weighted by molar-refractivity contribution is 5.77. The largest absolute Gasteiger partial charge is 0.368 e. The zero-order valence-electron chi connectivity index (χ0n) is 8.94. The molecule has 0 aliphatic carbocycles. The Bertz CT molecular complexity index is 182. The molecule has 82 valence electrons. The summed E-state index contributed by atoms with van der Waals surface area (Å²) in [5, 5.41) is 2.55. The molecule has 0 rings (SSSR count). The molecule has 0 aromatic rings. The molecule has 6 heteroatoms. The summed E-state index contributed by atoms with van der Waals surface area (Å²) in [5.41, 5.74) is 0. The van der Waals surface area contributed by atoms with Crippen molar-refractivity contribution >= 4 is 11.9 Å². The third kappa shape index (κ3) is 7.51. The lowest BCUT2D eigenvalue weighted by atomic mass is 10.3. The van der Waals surface area contributed by atoms with Crippen LogP contribution in [0.3, 0.4) is 0 Å². The average Bonchev–Trinajstić information content (AvgIpc) is 1.98. The highest BCUT2D eigenvalue weighted by Crippen LogP contribution is 1.97. The van der Waals surface area contributed by atoms with E-state index in [1.165, 1.54) is 10.1 Å². The monoisotopic (exact) mass is 204 g/mol. The van der Waals surface area contributed by atoms with Gasteiger partial charge < -0.3 is 9.68 Å². The first-order valence-corrected chi connectivity index (χ1v) is 4.18. The van der Waals surface area contributed by atoms with E-state index in [2.05, 4.69) is 9.68 Å². The van der Waals surface area contributed by atoms with Crippen LogP contribution in [0.1, 0.15) is 12.8 Å². The van der Waals surface area contributed by atoms with Crippen molar-refractivity contribution < 1.29 is 19.3 Å². The highest BCUT2D eigenvalue weighted by Gasteiger charge is 2.10. The lowest BCUT2D eigenvalue weighted by molar-refractivity contribution is -0.185. The fraction of sp³-hybridized carbons (Fsp3) is 0.750. The van der Waals surface area contributed by atoms with Crippen molar-refractivity contribution in [3.05, 3.63) is 0 Å². The van der Waals surface area contributed by atoms with Gasteiger partial charge in [0.15, 0.2) is 0 Å². The summed E-state index contributed by atoms with van der Waals surface area (Å²) in [6.07, 6.45) is 0.0374. The van der Waals surface area contributed by atoms with Gasteiger partial charge in [0.05, 0.1) is 12.8 Å². The van der Waals surface area contributed by atoms with Crippen LogP contribution in [0, 0.1) is 0 Å². The van der Waals surface area contributed by atoms with Gasteiger partial charge in [0.25, 0.3) is 0 Å². The van der Waals surface area contributed by atoms with Gasteiger partial charge in [-0.15, -0.1) is 10.1 Å². The van der Waals surface area contributed by atoms with Gasteiger partial charge in [-0.05, 0) is 0 Å². The van der Waals surface area contributed by atoms with E-state index in [-0.39, 0.29) is 12.8 Å². The third-order valence-corrected chi connectivity index (χ3v) is 1.10. The number of nitrogens with zero attached hydrogens (tertiary/aromatic N) is 2. The number of hydrogen-bond acceptors (Lipinski definition) is 6. The van der Waals surface area contributed by atoms with Gasteiger partial charge in [-0.1, -0.05) is 0 Å². The van der Waals surface area contributed by atoms with Gasteiger partial charge in [0.2, 0.25) is 0 Å². The number of carbonyl (C=O) groups excluding carboxylic acids is 2. The average molecular weight is 204 g/mol. The predicted octanol–water partition coefficient (Wildman–Crippen LogP) is -0.194. The van der Waals surface area contributed by atoms with E-state index in [4.69, 9.17) is 0 Å². The van der Waals surface area contributed by atoms with E-state index in [0.717, 1.165) is 0 Å². The molecule has 0 aliphatic rings. The van der Waals surface area contributed by atoms with Crippen molar-refractivity contribution in [1.82, 2.24) is 10.1 Å². The molecule has 6 nitrogen and oxygen atoms in total. The molecule has 0 saturated carbocycles. The van der Waals surface area contributed by atoms with Crippen LogP contribution in [0.25, 0.3) is 0 Å². The van der Waals surface area contributed by atoms with E-state index in [9.17, 15) is 9.59 Å². The molecule has 0 aromatic heterocycles. The second kappa shape index (κ2) is 6.33. The second-order valence-electron chi connectivity index (χ2n) is 3.05. The normalized spacial score (nSPS) is 10.4. The number of rotatable bonds is 5. The number of hydrogen-bond donors (Lipinski definition) is 0. The van der Waals surface area contributed by atoms with E-state index in [0.29, 0.717) is 0 Å². The molecular formula is C8H16N2O4. The molecule has 14 heavy (non-hydrogen) atoms. The Labute approximate surface area is 83.3 Å². The Morgan fingerprint density at radius 2 is 1.14 bits per heavy atom. The Hall–Kier alpha value is -1.14. The minimum absolute atomic E-state index is 0.0187. The van der Waals surface area contributed by atoms with Crippen molar-refractivity contribution in [2.24, 2.45) is 0 Å². The second-order valence-corrected chi connectivity index (χ2v) is 3.05. The first-order valence-electron chi connectivity index (χ1n) is 4.18. The summed E-state index contributed by atoms with van der Waals surface area (Å²) >= 11 is 0. The maximum Gasteiger partial charge on any atom is 0.325 e. The van der Waals surface area contributed by atoms with E-state index in [1.807, 2.05) is 0 Å². The van der Waals surface area contributed by atoms with Gasteiger partial charge in [-0.3, -0.25) is 9.59 Å². The van der Waals surface area contributed by atoms with Crippen molar-refractivity contribution in [2.45, 2.75) is 12.8 Å². The first-order chi connectivity index (χ1) is 6.41. The Morgan fingerprint density at radius 1 is 0.857 bits per heavy atom. The van der Waals surface area contributed by atoms with Crippen LogP contribution in [0.15, 0.2) is 0 Å². The van der Waals surface area contributed by atoms with Crippen LogP contribution < -0.4 is 0 Å². The maximum atomic E-state index is 11.0. The molecule has 0 aromatic carbocycles. The van der Waals surface area contributed by atoms with Gasteiger partial charge in [-0.2, -0.15) is 0 Å². The van der Waals surface area contributed by atoms with Gasteiger partial charge in [-0.25, -0.2) is 0 Å². The van der Waals surface area contributed by atoms with Crippen LogP contribution >= 0.6 is 0 Å². The fourth-order valence-corrected chi connectivity index (χ4v) is 0.703. The Kier molecular flexibility index (Phi) is 5.82. The molecule has 0 unspecified atom stereocenters. The molecule has 0 spiro atoms. The quantitative estimate of drug-likeness (QED) is 0.578. The molecule has 0 radical (unpaired) electrons. The molecule has 0 aliphatic heterocycles. The van der Waals surface area contributed by atoms with Gasteiger partial charge in [0, 0.05) is 28.2 Å². The number of hydroxylamine groups is 4. The van der Waals surface area contributed by atoms with Crippen LogP contribution in [0.4, 0.5) is 0 Å². The predicted molar refractivity (Wildman–Crippen MR) is 48.8 cm³/mol. The highest BCUT2D eigenvalue weighted by atomic mass is 16.7. The molecular weight excluding hydrogens is 188 g/mol. The summed E-state index contributed by atoms with van der Waals surface area (Å²) < 4.78 is 0. The smallest absolute Gasteiger partial charge is 0.325 e. The molecule has 0 fully saturated rings. The van der Waals surface area contributed by atoms with Crippen molar-refractivity contribution in [1.29, 1.82) is 0 Å². The zero-order chi connectivity index (χ0) is 11.1. The minimum Gasteiger partial charge on any atom is -0.368 e. The minimum atomic E-state index is -0.453. The Morgan fingerprint density at radius 3 is 1.36 bits per heavy atom. The molecule has 0 N–H and O–H groups in total. The molecule has 0 saturated heterocycles. The van der Waals surface area contributed by atoms with Crippen molar-refractivity contribution in [3.63, 3.8) is 0 Å². The van der Waals surface area contributed by atoms with Crippen molar-refractivity contribution in [3.8, 4) is 0 Å². The topological polar surface area (TPSA) is 59.1 Å². The van der Waals surface area contributed by atoms with Crippen LogP contribution in [0.5, 0.6) is 0 Å². The van der Waals surface area contributed by atoms with Crippen LogP contribution in [-0.2, 0) is 19.3 Å². The molecule has 0 amide bonds. The van der Waals surface area contributed by atoms with Crippen molar-refractivity contribution in [2.75, 3.05) is 28.2 Å². The van der Waals surface area contributed by atoms with E-state index in [1.54, 1.807) is 28.2 Å². The summed E-state index contributed by atoms with van der Waals surface area (Å²) in [4.78, 5) is 31.3. The lowest BCUT2D eigenvalue weighted by Crippen LogP contribution is -2.22. The lowest BCUT2D eigenvalue weighted by Gasteiger charge is -2.11. The molecule has 0 bridgehead atoms. The van der Waals surface area contributed by atoms with Gasteiger partial charge >= 0.3 is 11.9 Å². The summed E-state index contributed by atoms with van der Waals surface area (Å²) in [5.74, 6) is -0.906. The van der Waals surface area contributed by atoms with E-state index < -0.39 is 11.9 Å². The summed E-state index contributed by atoms with van der Waals surface area (Å²) in [6, 6.07) is 0. The molecule has 0 heterocycles. The van der Waals surface area contributed by atoms with E-state index >= 15 is 0 Å².